The first-order chi connectivity index (χ1) is 4.30. The number of benzene rings is 1. The Balaban J connectivity index is 2.98. The Bertz CT molecular complexity index is 203. The van der Waals surface area contributed by atoms with Gasteiger partial charge in [-0.2, -0.15) is 0 Å². The fourth-order valence-electron chi connectivity index (χ4n) is 0.581. The number of hydrogen-bond acceptors (Lipinski definition) is 0. The zero-order valence-electron chi connectivity index (χ0n) is 4.74. The van der Waals surface area contributed by atoms with Crippen molar-refractivity contribution in [2.24, 2.45) is 0 Å². The third-order valence-electron chi connectivity index (χ3n) is 1.02. The monoisotopic (exact) mass is 250 g/mol. The summed E-state index contributed by atoms with van der Waals surface area (Å²) in [6.45, 7) is 0. The van der Waals surface area contributed by atoms with Crippen LogP contribution in [0, 0.1) is 0 Å². The van der Waals surface area contributed by atoms with Crippen molar-refractivity contribution >= 4 is 34.9 Å². The molecular weight excluding hydrogens is 242 g/mol. The quantitative estimate of drug-likeness (QED) is 0.624. The Labute approximate surface area is 70.8 Å². The molecule has 0 aliphatic rings. The van der Waals surface area contributed by atoms with Crippen molar-refractivity contribution < 1.29 is 0 Å². The molecule has 0 saturated carbocycles. The van der Waals surface area contributed by atoms with Crippen LogP contribution < -0.4 is 0 Å². The van der Waals surface area contributed by atoms with Crippen LogP contribution in [0.4, 0.5) is 0 Å². The van der Waals surface area contributed by atoms with Crippen LogP contribution in [-0.2, 0) is 0 Å². The van der Waals surface area contributed by atoms with Crippen molar-refractivity contribution in [3.63, 3.8) is 0 Å². The van der Waals surface area contributed by atoms with E-state index in [1.807, 2.05) is 18.2 Å². The molecule has 0 aliphatic heterocycles. The summed E-state index contributed by atoms with van der Waals surface area (Å²) in [5.74, 6) is 0. The number of rotatable bonds is 1. The average Bonchev–Trinajstić information content (AvgIpc) is 1.90. The summed E-state index contributed by atoms with van der Waals surface area (Å²) in [5.41, 5.74) is 1.25. The topological polar surface area (TPSA) is 0 Å². The van der Waals surface area contributed by atoms with Gasteiger partial charge >= 0.3 is 70.8 Å². The van der Waals surface area contributed by atoms with Gasteiger partial charge in [-0.15, -0.1) is 0 Å². The van der Waals surface area contributed by atoms with E-state index in [2.05, 4.69) is 43.7 Å². The van der Waals surface area contributed by atoms with Crippen LogP contribution in [0.2, 0.25) is 0 Å². The van der Waals surface area contributed by atoms with E-state index in [0.717, 1.165) is 0 Å². The summed E-state index contributed by atoms with van der Waals surface area (Å²) in [7, 11) is 0. The average molecular weight is 248 g/mol. The molecule has 46 valence electrons. The van der Waals surface area contributed by atoms with Crippen LogP contribution >= 0.6 is 0 Å². The summed E-state index contributed by atoms with van der Waals surface area (Å²) in [5, 5.41) is 0. The zero-order chi connectivity index (χ0) is 6.69. The molecule has 0 N–H and O–H groups in total. The SMILES string of the molecule is [Se]=C([SeH])c1ccccc1. The Morgan fingerprint density at radius 1 is 1.22 bits per heavy atom. The molecule has 0 aliphatic carbocycles. The molecule has 0 bridgehead atoms. The maximum atomic E-state index is 2.95. The Morgan fingerprint density at radius 2 is 1.78 bits per heavy atom. The minimum absolute atomic E-state index is 1.18. The van der Waals surface area contributed by atoms with Crippen molar-refractivity contribution in [2.45, 2.75) is 0 Å². The van der Waals surface area contributed by atoms with Crippen LogP contribution in [-0.4, -0.2) is 34.9 Å². The molecule has 0 amide bonds. The van der Waals surface area contributed by atoms with Gasteiger partial charge in [-0.3, -0.25) is 0 Å². The molecule has 0 saturated heterocycles. The molecule has 0 aromatic heterocycles. The van der Waals surface area contributed by atoms with E-state index in [1.165, 1.54) is 8.88 Å². The second-order valence-corrected chi connectivity index (χ2v) is 4.94. The molecule has 9 heavy (non-hydrogen) atoms. The van der Waals surface area contributed by atoms with Gasteiger partial charge in [-0.1, -0.05) is 0 Å². The van der Waals surface area contributed by atoms with Gasteiger partial charge in [-0.05, 0) is 0 Å². The van der Waals surface area contributed by atoms with Crippen molar-refractivity contribution in [2.75, 3.05) is 0 Å². The normalized spacial score (nSPS) is 9.00. The molecule has 1 aromatic rings. The molecule has 0 fully saturated rings. The van der Waals surface area contributed by atoms with Crippen LogP contribution in [0.3, 0.4) is 0 Å². The summed E-state index contributed by atoms with van der Waals surface area (Å²) in [6.07, 6.45) is 0. The predicted molar refractivity (Wildman–Crippen MR) is 43.5 cm³/mol. The zero-order valence-corrected chi connectivity index (χ0v) is 8.33. The van der Waals surface area contributed by atoms with E-state index in [9.17, 15) is 0 Å². The van der Waals surface area contributed by atoms with E-state index in [0.29, 0.717) is 0 Å². The maximum absolute atomic E-state index is 2.95. The molecular formula is C7H6Se2. The van der Waals surface area contributed by atoms with E-state index in [-0.39, 0.29) is 0 Å². The van der Waals surface area contributed by atoms with Gasteiger partial charge in [0.2, 0.25) is 0 Å². The minimum atomic E-state index is 1.18. The standard InChI is InChI=1S/C7H6Se2/c8-7(9)6-4-2-1-3-5-6/h1-5H,(H,8,9). The van der Waals surface area contributed by atoms with Crippen LogP contribution in [0.1, 0.15) is 5.56 Å². The molecule has 0 heterocycles. The fraction of sp³-hybridized carbons (Fsp3) is 0. The van der Waals surface area contributed by atoms with E-state index >= 15 is 0 Å². The Kier molecular flexibility index (Phi) is 2.68. The fourth-order valence-corrected chi connectivity index (χ4v) is 1.18. The first-order valence-electron chi connectivity index (χ1n) is 2.59. The summed E-state index contributed by atoms with van der Waals surface area (Å²) in [4.78, 5) is 0. The molecule has 0 nitrogen and oxygen atoms in total. The van der Waals surface area contributed by atoms with Crippen molar-refractivity contribution in [3.8, 4) is 0 Å². The first kappa shape index (κ1) is 7.24. The van der Waals surface area contributed by atoms with Crippen molar-refractivity contribution in [1.82, 2.24) is 0 Å². The molecule has 0 atom stereocenters. The molecule has 1 aromatic carbocycles. The van der Waals surface area contributed by atoms with Crippen molar-refractivity contribution in [3.05, 3.63) is 35.9 Å². The third kappa shape index (κ3) is 2.08. The molecule has 1 rings (SSSR count). The molecule has 2 heteroatoms. The van der Waals surface area contributed by atoms with E-state index < -0.39 is 0 Å². The second kappa shape index (κ2) is 3.34. The van der Waals surface area contributed by atoms with Crippen LogP contribution in [0.25, 0.3) is 0 Å². The van der Waals surface area contributed by atoms with Gasteiger partial charge < -0.3 is 0 Å². The summed E-state index contributed by atoms with van der Waals surface area (Å²) < 4.78 is 1.18. The van der Waals surface area contributed by atoms with Gasteiger partial charge in [0.1, 0.15) is 0 Å². The molecule has 0 radical (unpaired) electrons. The number of hydrogen-bond donors (Lipinski definition) is 0. The Morgan fingerprint density at radius 3 is 2.11 bits per heavy atom. The van der Waals surface area contributed by atoms with Gasteiger partial charge in [0.25, 0.3) is 0 Å². The van der Waals surface area contributed by atoms with Crippen LogP contribution in [0.5, 0.6) is 0 Å². The van der Waals surface area contributed by atoms with Crippen molar-refractivity contribution in [1.29, 1.82) is 0 Å². The first-order valence-corrected chi connectivity index (χ1v) is 4.38. The predicted octanol–water partition coefficient (Wildman–Crippen LogP) is 0.234. The van der Waals surface area contributed by atoms with Crippen LogP contribution in [0.15, 0.2) is 30.3 Å². The second-order valence-electron chi connectivity index (χ2n) is 1.67. The van der Waals surface area contributed by atoms with Gasteiger partial charge in [0.05, 0.1) is 0 Å². The van der Waals surface area contributed by atoms with Gasteiger partial charge in [-0.25, -0.2) is 0 Å². The molecule has 0 unspecified atom stereocenters. The van der Waals surface area contributed by atoms with Gasteiger partial charge in [0.15, 0.2) is 0 Å². The third-order valence-corrected chi connectivity index (χ3v) is 2.06. The summed E-state index contributed by atoms with van der Waals surface area (Å²) in [6, 6.07) is 10.2. The Hall–Kier alpha value is 0.129. The van der Waals surface area contributed by atoms with Gasteiger partial charge in [0, 0.05) is 0 Å². The summed E-state index contributed by atoms with van der Waals surface area (Å²) >= 11 is 5.44. The molecule has 0 spiro atoms. The van der Waals surface area contributed by atoms with E-state index in [4.69, 9.17) is 0 Å². The van der Waals surface area contributed by atoms with E-state index in [1.54, 1.807) is 0 Å².